The largest absolute Gasteiger partial charge is 0.363 e. The molecular formula is C16H32N2O. The number of nitrogens with one attached hydrogen (secondary N) is 2. The first-order valence-electron chi connectivity index (χ1n) is 7.67. The Balaban J connectivity index is 4.83. The lowest BCUT2D eigenvalue weighted by molar-refractivity contribution is 0.0482. The van der Waals surface area contributed by atoms with Crippen LogP contribution in [0.5, 0.6) is 0 Å². The van der Waals surface area contributed by atoms with Crippen molar-refractivity contribution in [3.05, 3.63) is 0 Å². The minimum atomic E-state index is -0.124. The molecule has 2 unspecified atom stereocenters. The van der Waals surface area contributed by atoms with Gasteiger partial charge in [0.05, 0.1) is 12.2 Å². The normalized spacial score (nSPS) is 14.7. The predicted molar refractivity (Wildman–Crippen MR) is 83.6 cm³/mol. The predicted octanol–water partition coefficient (Wildman–Crippen LogP) is 4.69. The number of hydrogen-bond donors (Lipinski definition) is 2. The maximum atomic E-state index is 8.18. The van der Waals surface area contributed by atoms with E-state index in [1.54, 1.807) is 0 Å². The minimum absolute atomic E-state index is 0.124. The third-order valence-corrected chi connectivity index (χ3v) is 3.37. The van der Waals surface area contributed by atoms with Gasteiger partial charge in [0.1, 0.15) is 0 Å². The first-order valence-corrected chi connectivity index (χ1v) is 7.67. The molecule has 0 fully saturated rings. The zero-order valence-electron chi connectivity index (χ0n) is 13.5. The summed E-state index contributed by atoms with van der Waals surface area (Å²) >= 11 is 0. The lowest BCUT2D eigenvalue weighted by Crippen LogP contribution is -2.37. The highest BCUT2D eigenvalue weighted by Crippen LogP contribution is 2.18. The molecule has 0 amide bonds. The highest BCUT2D eigenvalue weighted by atomic mass is 16.5. The third kappa shape index (κ3) is 6.33. The van der Waals surface area contributed by atoms with Crippen molar-refractivity contribution in [1.29, 1.82) is 10.8 Å². The Bertz CT molecular complexity index is 256. The second-order valence-electron chi connectivity index (χ2n) is 5.91. The zero-order chi connectivity index (χ0) is 15.0. The molecule has 19 heavy (non-hydrogen) atoms. The van der Waals surface area contributed by atoms with Crippen molar-refractivity contribution in [3.8, 4) is 0 Å². The molecule has 0 heterocycles. The van der Waals surface area contributed by atoms with E-state index < -0.39 is 0 Å². The molecule has 0 aliphatic carbocycles. The fourth-order valence-corrected chi connectivity index (χ4v) is 2.06. The van der Waals surface area contributed by atoms with Gasteiger partial charge in [-0.3, -0.25) is 0 Å². The second-order valence-corrected chi connectivity index (χ2v) is 5.91. The van der Waals surface area contributed by atoms with E-state index in [9.17, 15) is 0 Å². The van der Waals surface area contributed by atoms with Crippen molar-refractivity contribution >= 4 is 11.4 Å². The van der Waals surface area contributed by atoms with Crippen LogP contribution in [0, 0.1) is 22.7 Å². The molecule has 0 saturated carbocycles. The summed E-state index contributed by atoms with van der Waals surface area (Å²) in [6, 6.07) is 0. The lowest BCUT2D eigenvalue weighted by Gasteiger charge is -2.28. The Kier molecular flexibility index (Phi) is 8.90. The smallest absolute Gasteiger partial charge is 0.0960 e. The summed E-state index contributed by atoms with van der Waals surface area (Å²) in [5, 5.41) is 16.4. The monoisotopic (exact) mass is 268 g/mol. The van der Waals surface area contributed by atoms with Crippen molar-refractivity contribution in [3.63, 3.8) is 0 Å². The van der Waals surface area contributed by atoms with Gasteiger partial charge in [-0.1, -0.05) is 54.4 Å². The summed E-state index contributed by atoms with van der Waals surface area (Å²) < 4.78 is 6.13. The Morgan fingerprint density at radius 3 is 1.32 bits per heavy atom. The van der Waals surface area contributed by atoms with E-state index in [4.69, 9.17) is 15.6 Å². The van der Waals surface area contributed by atoms with Crippen molar-refractivity contribution in [1.82, 2.24) is 0 Å². The van der Waals surface area contributed by atoms with Gasteiger partial charge in [-0.2, -0.15) is 0 Å². The molecule has 0 aromatic rings. The summed E-state index contributed by atoms with van der Waals surface area (Å²) in [7, 11) is 0. The van der Waals surface area contributed by atoms with E-state index in [1.807, 2.05) is 27.7 Å². The SMILES string of the molecule is CCCC(OC(CCC)C(=N)C(C)C)C(=N)C(C)C. The summed E-state index contributed by atoms with van der Waals surface area (Å²) in [4.78, 5) is 0. The second kappa shape index (κ2) is 9.24. The summed E-state index contributed by atoms with van der Waals surface area (Å²) in [5.74, 6) is 0.430. The van der Waals surface area contributed by atoms with Crippen molar-refractivity contribution in [2.45, 2.75) is 79.4 Å². The number of hydrogen-bond acceptors (Lipinski definition) is 3. The van der Waals surface area contributed by atoms with Crippen molar-refractivity contribution in [2.75, 3.05) is 0 Å². The fourth-order valence-electron chi connectivity index (χ4n) is 2.06. The molecule has 0 rings (SSSR count). The van der Waals surface area contributed by atoms with Crippen molar-refractivity contribution in [2.24, 2.45) is 11.8 Å². The molecule has 112 valence electrons. The number of ether oxygens (including phenoxy) is 1. The molecule has 0 aliphatic heterocycles. The highest BCUT2D eigenvalue weighted by molar-refractivity contribution is 5.90. The Morgan fingerprint density at radius 1 is 0.789 bits per heavy atom. The Morgan fingerprint density at radius 2 is 1.11 bits per heavy atom. The molecule has 0 aromatic heterocycles. The van der Waals surface area contributed by atoms with E-state index in [0.29, 0.717) is 11.4 Å². The maximum Gasteiger partial charge on any atom is 0.0960 e. The van der Waals surface area contributed by atoms with Gasteiger partial charge >= 0.3 is 0 Å². The Hall–Kier alpha value is -0.700. The van der Waals surface area contributed by atoms with Gasteiger partial charge in [-0.15, -0.1) is 0 Å². The standard InChI is InChI=1S/C16H32N2O/c1-7-9-13(15(17)11(3)4)19-14(10-8-2)16(18)12(5)6/h11-14,17-18H,7-10H2,1-6H3. The first kappa shape index (κ1) is 18.3. The van der Waals surface area contributed by atoms with E-state index >= 15 is 0 Å². The van der Waals surface area contributed by atoms with Crippen LogP contribution < -0.4 is 0 Å². The molecular weight excluding hydrogens is 236 g/mol. The zero-order valence-corrected chi connectivity index (χ0v) is 13.5. The van der Waals surface area contributed by atoms with Crippen LogP contribution in [0.15, 0.2) is 0 Å². The van der Waals surface area contributed by atoms with Crippen molar-refractivity contribution < 1.29 is 4.74 Å². The maximum absolute atomic E-state index is 8.18. The van der Waals surface area contributed by atoms with Crippen LogP contribution in [-0.4, -0.2) is 23.6 Å². The average molecular weight is 268 g/mol. The fraction of sp³-hybridized carbons (Fsp3) is 0.875. The van der Waals surface area contributed by atoms with Gasteiger partial charge in [-0.05, 0) is 24.7 Å². The third-order valence-electron chi connectivity index (χ3n) is 3.37. The van der Waals surface area contributed by atoms with Gasteiger partial charge in [0.15, 0.2) is 0 Å². The van der Waals surface area contributed by atoms with Crippen LogP contribution in [-0.2, 0) is 4.74 Å². The van der Waals surface area contributed by atoms with Gasteiger partial charge in [0, 0.05) is 11.4 Å². The van der Waals surface area contributed by atoms with E-state index in [2.05, 4.69) is 13.8 Å². The van der Waals surface area contributed by atoms with E-state index in [-0.39, 0.29) is 24.0 Å². The minimum Gasteiger partial charge on any atom is -0.363 e. The van der Waals surface area contributed by atoms with Gasteiger partial charge in [-0.25, -0.2) is 0 Å². The molecule has 0 spiro atoms. The number of rotatable bonds is 10. The molecule has 2 N–H and O–H groups in total. The summed E-state index contributed by atoms with van der Waals surface area (Å²) in [6.45, 7) is 12.4. The molecule has 3 heteroatoms. The highest BCUT2D eigenvalue weighted by Gasteiger charge is 2.25. The summed E-state index contributed by atoms with van der Waals surface area (Å²) in [5.41, 5.74) is 1.33. The van der Waals surface area contributed by atoms with Crippen LogP contribution in [0.25, 0.3) is 0 Å². The molecule has 2 atom stereocenters. The molecule has 0 radical (unpaired) electrons. The van der Waals surface area contributed by atoms with Crippen LogP contribution in [0.1, 0.15) is 67.2 Å². The lowest BCUT2D eigenvalue weighted by atomic mass is 9.96. The summed E-state index contributed by atoms with van der Waals surface area (Å²) in [6.07, 6.45) is 3.52. The van der Waals surface area contributed by atoms with Crippen LogP contribution in [0.3, 0.4) is 0 Å². The van der Waals surface area contributed by atoms with E-state index in [1.165, 1.54) is 0 Å². The van der Waals surface area contributed by atoms with E-state index in [0.717, 1.165) is 25.7 Å². The van der Waals surface area contributed by atoms with Gasteiger partial charge < -0.3 is 15.6 Å². The average Bonchev–Trinajstić information content (AvgIpc) is 2.35. The van der Waals surface area contributed by atoms with Crippen LogP contribution >= 0.6 is 0 Å². The molecule has 0 aromatic carbocycles. The first-order chi connectivity index (χ1) is 8.84. The van der Waals surface area contributed by atoms with Crippen LogP contribution in [0.4, 0.5) is 0 Å². The molecule has 0 saturated heterocycles. The molecule has 3 nitrogen and oxygen atoms in total. The van der Waals surface area contributed by atoms with Crippen LogP contribution in [0.2, 0.25) is 0 Å². The topological polar surface area (TPSA) is 56.9 Å². The molecule has 0 aliphatic rings. The van der Waals surface area contributed by atoms with Gasteiger partial charge in [0.25, 0.3) is 0 Å². The molecule has 0 bridgehead atoms. The Labute approximate surface area is 119 Å². The van der Waals surface area contributed by atoms with Gasteiger partial charge in [0.2, 0.25) is 0 Å². The quantitative estimate of drug-likeness (QED) is 0.555.